The van der Waals surface area contributed by atoms with E-state index >= 15 is 0 Å². The van der Waals surface area contributed by atoms with Crippen molar-refractivity contribution in [1.82, 2.24) is 0 Å². The van der Waals surface area contributed by atoms with Crippen molar-refractivity contribution in [3.63, 3.8) is 0 Å². The van der Waals surface area contributed by atoms with Gasteiger partial charge >= 0.3 is 5.97 Å². The molecule has 0 saturated heterocycles. The number of hydrogen-bond acceptors (Lipinski definition) is 6. The summed E-state index contributed by atoms with van der Waals surface area (Å²) >= 11 is 0. The number of carbonyl (C=O) groups excluding carboxylic acids is 2. The second-order valence-corrected chi connectivity index (χ2v) is 3.34. The number of hydrazone groups is 1. The number of amides is 2. The van der Waals surface area contributed by atoms with Gasteiger partial charge in [0.05, 0.1) is 5.69 Å². The van der Waals surface area contributed by atoms with Gasteiger partial charge in [0.15, 0.2) is 0 Å². The smallest absolute Gasteiger partial charge is 0.339 e. The molecule has 0 atom stereocenters. The zero-order chi connectivity index (χ0) is 14.6. The van der Waals surface area contributed by atoms with Crippen molar-refractivity contribution in [2.24, 2.45) is 16.6 Å². The molecule has 0 aliphatic rings. The van der Waals surface area contributed by atoms with Gasteiger partial charge in [-0.2, -0.15) is 5.10 Å². The minimum atomic E-state index is -1.35. The molecule has 0 radical (unpaired) electrons. The van der Waals surface area contributed by atoms with Crippen LogP contribution in [0.15, 0.2) is 23.3 Å². The van der Waals surface area contributed by atoms with Crippen LogP contribution in [0.1, 0.15) is 10.4 Å². The quantitative estimate of drug-likeness (QED) is 0.194. The first-order valence-corrected chi connectivity index (χ1v) is 4.82. The van der Waals surface area contributed by atoms with E-state index in [-0.39, 0.29) is 11.3 Å². The number of carboxylic acids is 1. The molecule has 1 aromatic rings. The van der Waals surface area contributed by atoms with Gasteiger partial charge in [0.25, 0.3) is 11.8 Å². The lowest BCUT2D eigenvalue weighted by atomic mass is 10.2. The molecule has 0 saturated carbocycles. The highest BCUT2D eigenvalue weighted by atomic mass is 16.4. The Morgan fingerprint density at radius 1 is 1.16 bits per heavy atom. The molecule has 0 spiro atoms. The van der Waals surface area contributed by atoms with Crippen LogP contribution in [0.4, 0.5) is 5.69 Å². The van der Waals surface area contributed by atoms with Crippen molar-refractivity contribution < 1.29 is 24.6 Å². The molecule has 100 valence electrons. The highest BCUT2D eigenvalue weighted by molar-refractivity contribution is 6.64. The van der Waals surface area contributed by atoms with Crippen molar-refractivity contribution in [2.75, 3.05) is 5.43 Å². The second-order valence-electron chi connectivity index (χ2n) is 3.34. The normalized spacial score (nSPS) is 9.47. The van der Waals surface area contributed by atoms with Crippen LogP contribution >= 0.6 is 0 Å². The van der Waals surface area contributed by atoms with E-state index in [1.807, 2.05) is 0 Å². The average Bonchev–Trinajstić information content (AvgIpc) is 2.30. The molecule has 1 aromatic carbocycles. The molecule has 1 rings (SSSR count). The van der Waals surface area contributed by atoms with E-state index < -0.39 is 29.2 Å². The standard InChI is InChI=1S/C10H10N4O5/c11-8(16)7(9(12)17)14-13-4-1-2-6(15)5(3-4)10(18)19/h1-3,13,15H,(H2,11,16)(H2,12,17)(H,18,19). The highest BCUT2D eigenvalue weighted by Crippen LogP contribution is 2.21. The fraction of sp³-hybridized carbons (Fsp3) is 0. The summed E-state index contributed by atoms with van der Waals surface area (Å²) in [4.78, 5) is 32.4. The maximum absolute atomic E-state index is 10.8. The van der Waals surface area contributed by atoms with E-state index in [0.29, 0.717) is 0 Å². The fourth-order valence-corrected chi connectivity index (χ4v) is 1.13. The van der Waals surface area contributed by atoms with Gasteiger partial charge < -0.3 is 21.7 Å². The van der Waals surface area contributed by atoms with Crippen LogP contribution in [-0.4, -0.2) is 33.7 Å². The maximum atomic E-state index is 10.8. The van der Waals surface area contributed by atoms with Crippen LogP contribution in [0.3, 0.4) is 0 Å². The SMILES string of the molecule is NC(=O)C(=NNc1ccc(O)c(C(=O)O)c1)C(N)=O. The number of aromatic hydroxyl groups is 1. The summed E-state index contributed by atoms with van der Waals surface area (Å²) in [5.74, 6) is -4.04. The Labute approximate surface area is 106 Å². The summed E-state index contributed by atoms with van der Waals surface area (Å²) in [6.07, 6.45) is 0. The molecule has 9 heteroatoms. The zero-order valence-electron chi connectivity index (χ0n) is 9.45. The number of carboxylic acid groups (broad SMARTS) is 1. The molecule has 0 aliphatic heterocycles. The minimum Gasteiger partial charge on any atom is -0.507 e. The van der Waals surface area contributed by atoms with Gasteiger partial charge in [-0.05, 0) is 18.2 Å². The van der Waals surface area contributed by atoms with Gasteiger partial charge in [0.2, 0.25) is 5.71 Å². The Balaban J connectivity index is 3.04. The molecule has 19 heavy (non-hydrogen) atoms. The molecule has 0 fully saturated rings. The number of rotatable bonds is 5. The van der Waals surface area contributed by atoms with Crippen molar-refractivity contribution in [3.8, 4) is 5.75 Å². The van der Waals surface area contributed by atoms with Gasteiger partial charge in [-0.3, -0.25) is 15.0 Å². The van der Waals surface area contributed by atoms with Gasteiger partial charge in [-0.15, -0.1) is 0 Å². The van der Waals surface area contributed by atoms with E-state index in [1.165, 1.54) is 6.07 Å². The number of anilines is 1. The summed E-state index contributed by atoms with van der Waals surface area (Å²) in [5.41, 5.74) is 11.0. The molecule has 0 heterocycles. The van der Waals surface area contributed by atoms with Crippen molar-refractivity contribution in [3.05, 3.63) is 23.8 Å². The average molecular weight is 266 g/mol. The number of nitrogens with one attached hydrogen (secondary N) is 1. The topological polar surface area (TPSA) is 168 Å². The highest BCUT2D eigenvalue weighted by Gasteiger charge is 2.14. The molecule has 9 nitrogen and oxygen atoms in total. The predicted molar refractivity (Wildman–Crippen MR) is 64.5 cm³/mol. The number of aromatic carboxylic acids is 1. The lowest BCUT2D eigenvalue weighted by Crippen LogP contribution is -2.36. The Bertz CT molecular complexity index is 565. The Hall–Kier alpha value is -3.10. The van der Waals surface area contributed by atoms with E-state index in [2.05, 4.69) is 10.5 Å². The van der Waals surface area contributed by atoms with Gasteiger partial charge in [-0.1, -0.05) is 0 Å². The van der Waals surface area contributed by atoms with Crippen LogP contribution in [-0.2, 0) is 9.59 Å². The monoisotopic (exact) mass is 266 g/mol. The molecular formula is C10H10N4O5. The third-order valence-corrected chi connectivity index (χ3v) is 1.99. The van der Waals surface area contributed by atoms with E-state index in [0.717, 1.165) is 12.1 Å². The summed E-state index contributed by atoms with van der Waals surface area (Å²) < 4.78 is 0. The number of nitrogens with two attached hydrogens (primary N) is 2. The lowest BCUT2D eigenvalue weighted by Gasteiger charge is -2.04. The van der Waals surface area contributed by atoms with Gasteiger partial charge in [-0.25, -0.2) is 4.79 Å². The first kappa shape index (κ1) is 14.0. The van der Waals surface area contributed by atoms with Crippen LogP contribution in [0.5, 0.6) is 5.75 Å². The summed E-state index contributed by atoms with van der Waals surface area (Å²) in [6, 6.07) is 3.45. The molecule has 0 aliphatic carbocycles. The van der Waals surface area contributed by atoms with Gasteiger partial charge in [0, 0.05) is 0 Å². The van der Waals surface area contributed by atoms with E-state index in [1.54, 1.807) is 0 Å². The number of phenols is 1. The third kappa shape index (κ3) is 3.43. The lowest BCUT2D eigenvalue weighted by molar-refractivity contribution is -0.115. The van der Waals surface area contributed by atoms with Crippen LogP contribution < -0.4 is 16.9 Å². The largest absolute Gasteiger partial charge is 0.507 e. The van der Waals surface area contributed by atoms with Crippen LogP contribution in [0, 0.1) is 0 Å². The minimum absolute atomic E-state index is 0.121. The van der Waals surface area contributed by atoms with Crippen molar-refractivity contribution >= 4 is 29.2 Å². The van der Waals surface area contributed by atoms with Crippen LogP contribution in [0.25, 0.3) is 0 Å². The van der Waals surface area contributed by atoms with E-state index in [4.69, 9.17) is 16.6 Å². The first-order chi connectivity index (χ1) is 8.82. The number of primary amides is 2. The molecule has 2 amide bonds. The maximum Gasteiger partial charge on any atom is 0.339 e. The molecule has 0 bridgehead atoms. The second kappa shape index (κ2) is 5.49. The summed E-state index contributed by atoms with van der Waals surface area (Å²) in [5, 5.41) is 21.4. The Kier molecular flexibility index (Phi) is 4.03. The summed E-state index contributed by atoms with van der Waals surface area (Å²) in [6.45, 7) is 0. The van der Waals surface area contributed by atoms with Crippen molar-refractivity contribution in [1.29, 1.82) is 0 Å². The van der Waals surface area contributed by atoms with Crippen LogP contribution in [0.2, 0.25) is 0 Å². The number of benzene rings is 1. The number of hydrogen-bond donors (Lipinski definition) is 5. The number of carbonyl (C=O) groups is 3. The molecule has 0 aromatic heterocycles. The fourth-order valence-electron chi connectivity index (χ4n) is 1.13. The Morgan fingerprint density at radius 2 is 1.74 bits per heavy atom. The summed E-state index contributed by atoms with van der Waals surface area (Å²) in [7, 11) is 0. The van der Waals surface area contributed by atoms with Gasteiger partial charge in [0.1, 0.15) is 11.3 Å². The number of nitrogens with zero attached hydrogens (tertiary/aromatic N) is 1. The van der Waals surface area contributed by atoms with E-state index in [9.17, 15) is 19.5 Å². The third-order valence-electron chi connectivity index (χ3n) is 1.99. The molecule has 7 N–H and O–H groups in total. The Morgan fingerprint density at radius 3 is 2.21 bits per heavy atom. The molecular weight excluding hydrogens is 256 g/mol. The predicted octanol–water partition coefficient (Wildman–Crippen LogP) is -1.17. The molecule has 0 unspecified atom stereocenters. The van der Waals surface area contributed by atoms with Crippen molar-refractivity contribution in [2.45, 2.75) is 0 Å². The zero-order valence-corrected chi connectivity index (χ0v) is 9.45. The first-order valence-electron chi connectivity index (χ1n) is 4.82.